The van der Waals surface area contributed by atoms with Gasteiger partial charge in [-0.2, -0.15) is 0 Å². The van der Waals surface area contributed by atoms with E-state index in [-0.39, 0.29) is 11.6 Å². The molecule has 0 unspecified atom stereocenters. The van der Waals surface area contributed by atoms with E-state index in [2.05, 4.69) is 17.6 Å². The molecule has 0 spiro atoms. The van der Waals surface area contributed by atoms with Gasteiger partial charge in [-0.15, -0.1) is 0 Å². The standard InChI is InChI=1S/C15H20Cl3N3O3/c1-2-3-4-5-9-13(22)20-14(15(16,17)18)19-11-7-6-8-12(10-11)21(23)24/h6-8,10,14,19H,2-5,9H2,1H3,(H,20,22)/t14-/m0/s1. The van der Waals surface area contributed by atoms with Crippen molar-refractivity contribution < 1.29 is 9.72 Å². The number of nitro groups is 1. The first-order chi connectivity index (χ1) is 11.2. The summed E-state index contributed by atoms with van der Waals surface area (Å²) in [5.41, 5.74) is 0.265. The zero-order chi connectivity index (χ0) is 18.2. The molecule has 1 aromatic rings. The summed E-state index contributed by atoms with van der Waals surface area (Å²) in [5.74, 6) is -0.250. The van der Waals surface area contributed by atoms with Crippen LogP contribution < -0.4 is 10.6 Å². The van der Waals surface area contributed by atoms with Crippen LogP contribution in [0.15, 0.2) is 24.3 Å². The average molecular weight is 397 g/mol. The monoisotopic (exact) mass is 395 g/mol. The highest BCUT2D eigenvalue weighted by Gasteiger charge is 2.34. The number of nitro benzene ring substituents is 1. The summed E-state index contributed by atoms with van der Waals surface area (Å²) >= 11 is 17.7. The normalized spacial score (nSPS) is 12.5. The van der Waals surface area contributed by atoms with Gasteiger partial charge in [-0.05, 0) is 12.5 Å². The Hall–Kier alpha value is -1.24. The largest absolute Gasteiger partial charge is 0.362 e. The minimum Gasteiger partial charge on any atom is -0.362 e. The minimum atomic E-state index is -1.82. The number of halogens is 3. The van der Waals surface area contributed by atoms with Crippen molar-refractivity contribution in [2.24, 2.45) is 0 Å². The SMILES string of the molecule is CCCCCCC(=O)N[C@H](Nc1cccc([N+](=O)[O-])c1)C(Cl)(Cl)Cl. The van der Waals surface area contributed by atoms with Gasteiger partial charge in [0, 0.05) is 24.2 Å². The number of hydrogen-bond acceptors (Lipinski definition) is 4. The summed E-state index contributed by atoms with van der Waals surface area (Å²) in [4.78, 5) is 22.3. The van der Waals surface area contributed by atoms with Crippen molar-refractivity contribution in [2.75, 3.05) is 5.32 Å². The van der Waals surface area contributed by atoms with Crippen LogP contribution in [-0.2, 0) is 4.79 Å². The van der Waals surface area contributed by atoms with E-state index in [1.807, 2.05) is 0 Å². The average Bonchev–Trinajstić information content (AvgIpc) is 2.50. The van der Waals surface area contributed by atoms with Gasteiger partial charge in [0.05, 0.1) is 4.92 Å². The number of hydrogen-bond donors (Lipinski definition) is 2. The van der Waals surface area contributed by atoms with Crippen LogP contribution in [0.3, 0.4) is 0 Å². The fourth-order valence-corrected chi connectivity index (χ4v) is 2.35. The van der Waals surface area contributed by atoms with E-state index in [0.29, 0.717) is 12.1 Å². The number of nitrogens with zero attached hydrogens (tertiary/aromatic N) is 1. The summed E-state index contributed by atoms with van der Waals surface area (Å²) in [6.07, 6.45) is 3.17. The van der Waals surface area contributed by atoms with Crippen LogP contribution >= 0.6 is 34.8 Å². The zero-order valence-corrected chi connectivity index (χ0v) is 15.5. The molecule has 1 aromatic carbocycles. The molecule has 0 radical (unpaired) electrons. The number of alkyl halides is 3. The minimum absolute atomic E-state index is 0.103. The molecule has 1 rings (SSSR count). The van der Waals surface area contributed by atoms with Gasteiger partial charge in [0.25, 0.3) is 5.69 Å². The zero-order valence-electron chi connectivity index (χ0n) is 13.2. The van der Waals surface area contributed by atoms with E-state index >= 15 is 0 Å². The second-order valence-corrected chi connectivity index (χ2v) is 7.67. The maximum atomic E-state index is 12.0. The van der Waals surface area contributed by atoms with Gasteiger partial charge in [-0.3, -0.25) is 14.9 Å². The molecule has 0 bridgehead atoms. The smallest absolute Gasteiger partial charge is 0.271 e. The van der Waals surface area contributed by atoms with Crippen LogP contribution in [0.4, 0.5) is 11.4 Å². The topological polar surface area (TPSA) is 84.3 Å². The highest BCUT2D eigenvalue weighted by Crippen LogP contribution is 2.31. The predicted molar refractivity (Wildman–Crippen MR) is 97.7 cm³/mol. The van der Waals surface area contributed by atoms with Crippen LogP contribution in [0, 0.1) is 10.1 Å². The van der Waals surface area contributed by atoms with E-state index in [1.165, 1.54) is 18.2 Å². The summed E-state index contributed by atoms with van der Waals surface area (Å²) < 4.78 is -1.82. The molecule has 0 saturated carbocycles. The quantitative estimate of drug-likeness (QED) is 0.207. The van der Waals surface area contributed by atoms with E-state index in [4.69, 9.17) is 34.8 Å². The number of benzene rings is 1. The van der Waals surface area contributed by atoms with E-state index in [9.17, 15) is 14.9 Å². The van der Waals surface area contributed by atoms with Gasteiger partial charge in [0.2, 0.25) is 9.70 Å². The summed E-state index contributed by atoms with van der Waals surface area (Å²) in [6.45, 7) is 2.09. The van der Waals surface area contributed by atoms with Crippen molar-refractivity contribution in [3.8, 4) is 0 Å². The molecular weight excluding hydrogens is 377 g/mol. The van der Waals surface area contributed by atoms with Crippen LogP contribution in [0.2, 0.25) is 0 Å². The first-order valence-corrected chi connectivity index (χ1v) is 8.74. The highest BCUT2D eigenvalue weighted by molar-refractivity contribution is 6.68. The number of nitrogens with one attached hydrogen (secondary N) is 2. The lowest BCUT2D eigenvalue weighted by atomic mass is 10.1. The molecule has 1 atom stereocenters. The van der Waals surface area contributed by atoms with Gasteiger partial charge in [0.1, 0.15) is 6.17 Å². The van der Waals surface area contributed by atoms with Crippen LogP contribution in [0.25, 0.3) is 0 Å². The van der Waals surface area contributed by atoms with E-state index in [0.717, 1.165) is 25.7 Å². The molecule has 1 amide bonds. The first-order valence-electron chi connectivity index (χ1n) is 7.61. The number of unbranched alkanes of at least 4 members (excludes halogenated alkanes) is 3. The summed E-state index contributed by atoms with van der Waals surface area (Å²) in [7, 11) is 0. The maximum Gasteiger partial charge on any atom is 0.271 e. The first kappa shape index (κ1) is 20.8. The number of rotatable bonds is 9. The van der Waals surface area contributed by atoms with Gasteiger partial charge < -0.3 is 10.6 Å². The fourth-order valence-electron chi connectivity index (χ4n) is 2.02. The Morgan fingerprint density at radius 2 is 2.00 bits per heavy atom. The van der Waals surface area contributed by atoms with Gasteiger partial charge >= 0.3 is 0 Å². The number of carbonyl (C=O) groups excluding carboxylic acids is 1. The third-order valence-electron chi connectivity index (χ3n) is 3.26. The molecule has 24 heavy (non-hydrogen) atoms. The molecule has 0 aromatic heterocycles. The molecule has 0 heterocycles. The molecular formula is C15H20Cl3N3O3. The number of anilines is 1. The Morgan fingerprint density at radius 1 is 1.29 bits per heavy atom. The van der Waals surface area contributed by atoms with Crippen LogP contribution in [-0.4, -0.2) is 20.8 Å². The third-order valence-corrected chi connectivity index (χ3v) is 3.91. The van der Waals surface area contributed by atoms with Crippen molar-refractivity contribution in [2.45, 2.75) is 49.0 Å². The summed E-state index contributed by atoms with van der Waals surface area (Å²) in [6, 6.07) is 5.74. The lowest BCUT2D eigenvalue weighted by molar-refractivity contribution is -0.384. The fraction of sp³-hybridized carbons (Fsp3) is 0.533. The molecule has 9 heteroatoms. The summed E-state index contributed by atoms with van der Waals surface area (Å²) in [5, 5.41) is 16.2. The molecule has 0 aliphatic carbocycles. The molecule has 0 fully saturated rings. The third kappa shape index (κ3) is 7.55. The van der Waals surface area contributed by atoms with Crippen LogP contribution in [0.1, 0.15) is 39.0 Å². The Bertz CT molecular complexity index is 564. The van der Waals surface area contributed by atoms with Gasteiger partial charge in [-0.1, -0.05) is 67.1 Å². The van der Waals surface area contributed by atoms with Crippen molar-refractivity contribution in [1.82, 2.24) is 5.32 Å². The Kier molecular flexibility index (Phi) is 8.59. The predicted octanol–water partition coefficient (Wildman–Crippen LogP) is 4.79. The van der Waals surface area contributed by atoms with Crippen molar-refractivity contribution in [3.63, 3.8) is 0 Å². The lowest BCUT2D eigenvalue weighted by Crippen LogP contribution is -2.49. The number of carbonyl (C=O) groups is 1. The van der Waals surface area contributed by atoms with Crippen molar-refractivity contribution in [3.05, 3.63) is 34.4 Å². The molecule has 6 nitrogen and oxygen atoms in total. The van der Waals surface area contributed by atoms with Crippen molar-refractivity contribution >= 4 is 52.1 Å². The maximum absolute atomic E-state index is 12.0. The van der Waals surface area contributed by atoms with Gasteiger partial charge in [0.15, 0.2) is 0 Å². The molecule has 0 aliphatic heterocycles. The van der Waals surface area contributed by atoms with Crippen LogP contribution in [0.5, 0.6) is 0 Å². The number of amides is 1. The molecule has 2 N–H and O–H groups in total. The number of non-ortho nitro benzene ring substituents is 1. The van der Waals surface area contributed by atoms with Crippen molar-refractivity contribution in [1.29, 1.82) is 0 Å². The molecule has 0 saturated heterocycles. The second kappa shape index (κ2) is 9.91. The Morgan fingerprint density at radius 3 is 2.58 bits per heavy atom. The molecule has 134 valence electrons. The highest BCUT2D eigenvalue weighted by atomic mass is 35.6. The van der Waals surface area contributed by atoms with E-state index in [1.54, 1.807) is 6.07 Å². The lowest BCUT2D eigenvalue weighted by Gasteiger charge is -2.27. The molecule has 0 aliphatic rings. The van der Waals surface area contributed by atoms with E-state index < -0.39 is 14.9 Å². The Labute approximate surface area is 156 Å². The Balaban J connectivity index is 2.71. The second-order valence-electron chi connectivity index (χ2n) is 5.30. The van der Waals surface area contributed by atoms with Gasteiger partial charge in [-0.25, -0.2) is 0 Å².